The van der Waals surface area contributed by atoms with Crippen molar-refractivity contribution in [3.63, 3.8) is 0 Å². The molecule has 94 valence electrons. The van der Waals surface area contributed by atoms with Crippen LogP contribution >= 0.6 is 23.2 Å². The molecule has 1 amide bonds. The minimum absolute atomic E-state index is 0.000563. The van der Waals surface area contributed by atoms with Gasteiger partial charge in [0, 0.05) is 0 Å². The number of nitrogens with one attached hydrogen (secondary N) is 2. The van der Waals surface area contributed by atoms with E-state index in [0.717, 1.165) is 12.1 Å². The highest BCUT2D eigenvalue weighted by Gasteiger charge is 2.16. The highest BCUT2D eigenvalue weighted by atomic mass is 35.5. The third kappa shape index (κ3) is 2.60. The Labute approximate surface area is 111 Å². The number of amides is 1. The molecule has 1 heterocycles. The molecule has 2 aromatic rings. The fraction of sp³-hybridized carbons (Fsp3) is 0.100. The quantitative estimate of drug-likeness (QED) is 0.893. The van der Waals surface area contributed by atoms with E-state index in [-0.39, 0.29) is 21.6 Å². The Bertz CT molecular complexity index is 591. The lowest BCUT2D eigenvalue weighted by Gasteiger charge is -2.07. The Morgan fingerprint density at radius 1 is 1.39 bits per heavy atom. The van der Waals surface area contributed by atoms with Crippen LogP contribution in [0.4, 0.5) is 10.1 Å². The number of aromatic nitrogens is 3. The monoisotopic (exact) mass is 288 g/mol. The molecule has 0 aliphatic carbocycles. The lowest BCUT2D eigenvalue weighted by molar-refractivity contribution is 0.101. The molecule has 1 aromatic carbocycles. The van der Waals surface area contributed by atoms with Crippen molar-refractivity contribution in [1.82, 2.24) is 15.2 Å². The minimum Gasteiger partial charge on any atom is -0.317 e. The van der Waals surface area contributed by atoms with Crippen molar-refractivity contribution >= 4 is 34.8 Å². The second-order valence-corrected chi connectivity index (χ2v) is 4.26. The maximum Gasteiger partial charge on any atom is 0.295 e. The van der Waals surface area contributed by atoms with Gasteiger partial charge in [0.1, 0.15) is 11.6 Å². The van der Waals surface area contributed by atoms with E-state index in [4.69, 9.17) is 23.2 Å². The number of halogens is 3. The molecule has 2 rings (SSSR count). The van der Waals surface area contributed by atoms with Gasteiger partial charge in [-0.3, -0.25) is 9.89 Å². The molecule has 5 nitrogen and oxygen atoms in total. The molecule has 0 radical (unpaired) electrons. The topological polar surface area (TPSA) is 70.7 Å². The summed E-state index contributed by atoms with van der Waals surface area (Å²) in [6, 6.07) is 2.10. The summed E-state index contributed by atoms with van der Waals surface area (Å²) >= 11 is 11.6. The molecule has 2 N–H and O–H groups in total. The molecule has 8 heteroatoms. The van der Waals surface area contributed by atoms with Crippen LogP contribution in [-0.2, 0) is 0 Å². The van der Waals surface area contributed by atoms with Crippen LogP contribution in [0.1, 0.15) is 16.4 Å². The first kappa shape index (κ1) is 12.8. The first-order valence-corrected chi connectivity index (χ1v) is 5.58. The molecule has 0 unspecified atom stereocenters. The summed E-state index contributed by atoms with van der Waals surface area (Å²) in [7, 11) is 0. The molecule has 0 fully saturated rings. The molecule has 0 aliphatic heterocycles. The van der Waals surface area contributed by atoms with Gasteiger partial charge in [-0.1, -0.05) is 23.2 Å². The van der Waals surface area contributed by atoms with Crippen molar-refractivity contribution < 1.29 is 9.18 Å². The SMILES string of the molecule is Cc1nc(C(=O)Nc2c(Cl)cc(F)cc2Cl)n[nH]1. The van der Waals surface area contributed by atoms with Crippen LogP contribution in [-0.4, -0.2) is 21.1 Å². The third-order valence-corrected chi connectivity index (χ3v) is 2.64. The first-order valence-electron chi connectivity index (χ1n) is 4.82. The van der Waals surface area contributed by atoms with E-state index in [9.17, 15) is 9.18 Å². The van der Waals surface area contributed by atoms with Gasteiger partial charge in [0.25, 0.3) is 5.91 Å². The van der Waals surface area contributed by atoms with Crippen molar-refractivity contribution in [3.05, 3.63) is 39.6 Å². The smallest absolute Gasteiger partial charge is 0.295 e. The average Bonchev–Trinajstić information content (AvgIpc) is 2.70. The molecule has 0 spiro atoms. The van der Waals surface area contributed by atoms with Crippen LogP contribution in [0.15, 0.2) is 12.1 Å². The maximum absolute atomic E-state index is 13.0. The predicted octanol–water partition coefficient (Wildman–Crippen LogP) is 2.81. The van der Waals surface area contributed by atoms with Crippen LogP contribution < -0.4 is 5.32 Å². The Morgan fingerprint density at radius 3 is 2.50 bits per heavy atom. The summed E-state index contributed by atoms with van der Waals surface area (Å²) in [6.07, 6.45) is 0. The van der Waals surface area contributed by atoms with Crippen LogP contribution in [0, 0.1) is 12.7 Å². The fourth-order valence-corrected chi connectivity index (χ4v) is 1.83. The third-order valence-electron chi connectivity index (χ3n) is 2.05. The number of rotatable bonds is 2. The summed E-state index contributed by atoms with van der Waals surface area (Å²) in [5, 5.41) is 8.63. The maximum atomic E-state index is 13.0. The number of anilines is 1. The standard InChI is InChI=1S/C10H7Cl2FN4O/c1-4-14-9(17-16-4)10(18)15-8-6(11)2-5(13)3-7(8)12/h2-3H,1H3,(H,15,18)(H,14,16,17). The Balaban J connectivity index is 2.27. The number of hydrogen-bond donors (Lipinski definition) is 2. The number of aromatic amines is 1. The zero-order chi connectivity index (χ0) is 13.3. The van der Waals surface area contributed by atoms with Crippen LogP contribution in [0.2, 0.25) is 10.0 Å². The van der Waals surface area contributed by atoms with Crippen molar-refractivity contribution in [3.8, 4) is 0 Å². The number of aryl methyl sites for hydroxylation is 1. The average molecular weight is 289 g/mol. The van der Waals surface area contributed by atoms with E-state index in [1.807, 2.05) is 0 Å². The number of carbonyl (C=O) groups excluding carboxylic acids is 1. The highest BCUT2D eigenvalue weighted by molar-refractivity contribution is 6.39. The van der Waals surface area contributed by atoms with E-state index in [0.29, 0.717) is 5.82 Å². The van der Waals surface area contributed by atoms with Gasteiger partial charge in [0.15, 0.2) is 0 Å². The fourth-order valence-electron chi connectivity index (χ4n) is 1.28. The number of nitrogens with zero attached hydrogens (tertiary/aromatic N) is 2. The first-order chi connectivity index (χ1) is 8.47. The van der Waals surface area contributed by atoms with E-state index in [1.165, 1.54) is 0 Å². The zero-order valence-corrected chi connectivity index (χ0v) is 10.6. The molecule has 0 saturated heterocycles. The number of benzene rings is 1. The van der Waals surface area contributed by atoms with Gasteiger partial charge < -0.3 is 5.32 Å². The molecular weight excluding hydrogens is 282 g/mol. The molecule has 18 heavy (non-hydrogen) atoms. The van der Waals surface area contributed by atoms with E-state index in [2.05, 4.69) is 20.5 Å². The highest BCUT2D eigenvalue weighted by Crippen LogP contribution is 2.31. The van der Waals surface area contributed by atoms with Crippen molar-refractivity contribution in [2.45, 2.75) is 6.92 Å². The van der Waals surface area contributed by atoms with Crippen molar-refractivity contribution in [2.24, 2.45) is 0 Å². The van der Waals surface area contributed by atoms with Crippen molar-refractivity contribution in [1.29, 1.82) is 0 Å². The van der Waals surface area contributed by atoms with Gasteiger partial charge in [0.2, 0.25) is 5.82 Å². The zero-order valence-electron chi connectivity index (χ0n) is 9.09. The van der Waals surface area contributed by atoms with Gasteiger partial charge in [-0.15, -0.1) is 5.10 Å². The number of carbonyl (C=O) groups is 1. The summed E-state index contributed by atoms with van der Waals surface area (Å²) in [6.45, 7) is 1.65. The minimum atomic E-state index is -0.588. The molecule has 0 bridgehead atoms. The van der Waals surface area contributed by atoms with Crippen molar-refractivity contribution in [2.75, 3.05) is 5.32 Å². The van der Waals surface area contributed by atoms with Crippen LogP contribution in [0.3, 0.4) is 0 Å². The van der Waals surface area contributed by atoms with E-state index in [1.54, 1.807) is 6.92 Å². The molecule has 1 aromatic heterocycles. The lowest BCUT2D eigenvalue weighted by Crippen LogP contribution is -2.14. The molecule has 0 saturated carbocycles. The van der Waals surface area contributed by atoms with E-state index < -0.39 is 11.7 Å². The largest absolute Gasteiger partial charge is 0.317 e. The van der Waals surface area contributed by atoms with Gasteiger partial charge >= 0.3 is 0 Å². The second-order valence-electron chi connectivity index (χ2n) is 3.44. The molecule has 0 aliphatic rings. The van der Waals surface area contributed by atoms with E-state index >= 15 is 0 Å². The second kappa shape index (κ2) is 4.91. The van der Waals surface area contributed by atoms with Gasteiger partial charge in [0.05, 0.1) is 15.7 Å². The lowest BCUT2D eigenvalue weighted by atomic mass is 10.3. The Kier molecular flexibility index (Phi) is 3.49. The van der Waals surface area contributed by atoms with Crippen LogP contribution in [0.5, 0.6) is 0 Å². The van der Waals surface area contributed by atoms with Crippen LogP contribution in [0.25, 0.3) is 0 Å². The van der Waals surface area contributed by atoms with Gasteiger partial charge in [-0.25, -0.2) is 9.37 Å². The van der Waals surface area contributed by atoms with Gasteiger partial charge in [-0.2, -0.15) is 0 Å². The molecular formula is C10H7Cl2FN4O. The normalized spacial score (nSPS) is 10.4. The predicted molar refractivity (Wildman–Crippen MR) is 65.5 cm³/mol. The summed E-state index contributed by atoms with van der Waals surface area (Å²) in [5.41, 5.74) is 0.118. The summed E-state index contributed by atoms with van der Waals surface area (Å²) in [5.74, 6) is -0.730. The Hall–Kier alpha value is -1.66. The van der Waals surface area contributed by atoms with Gasteiger partial charge in [-0.05, 0) is 19.1 Å². The number of hydrogen-bond acceptors (Lipinski definition) is 3. The molecule has 0 atom stereocenters. The summed E-state index contributed by atoms with van der Waals surface area (Å²) < 4.78 is 13.0. The Morgan fingerprint density at radius 2 is 2.00 bits per heavy atom. The summed E-state index contributed by atoms with van der Waals surface area (Å²) in [4.78, 5) is 15.6. The number of H-pyrrole nitrogens is 1.